The topological polar surface area (TPSA) is 63.4 Å². The van der Waals surface area contributed by atoms with Crippen molar-refractivity contribution in [3.05, 3.63) is 59.1 Å². The number of imidazole rings is 1. The molecule has 0 radical (unpaired) electrons. The maximum atomic E-state index is 13.1. The first-order chi connectivity index (χ1) is 13.2. The molecule has 3 heterocycles. The average Bonchev–Trinajstić information content (AvgIpc) is 3.00. The van der Waals surface area contributed by atoms with Crippen LogP contribution in [0.1, 0.15) is 6.92 Å². The van der Waals surface area contributed by atoms with Crippen LogP contribution < -0.4 is 5.69 Å². The minimum absolute atomic E-state index is 0.0242. The van der Waals surface area contributed by atoms with Crippen LogP contribution in [-0.4, -0.2) is 62.5 Å². The third-order valence-electron chi connectivity index (χ3n) is 5.17. The van der Waals surface area contributed by atoms with Crippen LogP contribution in [-0.2, 0) is 11.3 Å². The van der Waals surface area contributed by atoms with E-state index in [0.29, 0.717) is 24.3 Å². The summed E-state index contributed by atoms with van der Waals surface area (Å²) >= 11 is 0. The quantitative estimate of drug-likeness (QED) is 0.700. The van der Waals surface area contributed by atoms with Gasteiger partial charge in [0, 0.05) is 32.4 Å². The number of likely N-dealkylation sites (N-methyl/N-ethyl adjacent to an activating group) is 1. The van der Waals surface area contributed by atoms with Crippen LogP contribution in [0.25, 0.3) is 16.9 Å². The molecular formula is C20H23N5O2. The van der Waals surface area contributed by atoms with E-state index < -0.39 is 0 Å². The lowest BCUT2D eigenvalue weighted by Gasteiger charge is -2.34. The van der Waals surface area contributed by atoms with Crippen molar-refractivity contribution in [3.63, 3.8) is 0 Å². The second kappa shape index (κ2) is 7.36. The molecule has 1 amide bonds. The van der Waals surface area contributed by atoms with Gasteiger partial charge in [-0.05, 0) is 30.8 Å². The van der Waals surface area contributed by atoms with Crippen molar-refractivity contribution in [1.29, 1.82) is 0 Å². The summed E-state index contributed by atoms with van der Waals surface area (Å²) in [5.41, 5.74) is 1.74. The summed E-state index contributed by atoms with van der Waals surface area (Å²) in [4.78, 5) is 34.5. The van der Waals surface area contributed by atoms with Crippen LogP contribution >= 0.6 is 0 Å². The number of carbonyl (C=O) groups excluding carboxylic acids is 1. The van der Waals surface area contributed by atoms with Gasteiger partial charge in [-0.15, -0.1) is 0 Å². The Bertz CT molecular complexity index is 1000. The van der Waals surface area contributed by atoms with E-state index in [-0.39, 0.29) is 18.1 Å². The second-order valence-corrected chi connectivity index (χ2v) is 6.70. The molecule has 7 nitrogen and oxygen atoms in total. The molecule has 2 aromatic heterocycles. The van der Waals surface area contributed by atoms with E-state index in [2.05, 4.69) is 16.8 Å². The zero-order valence-electron chi connectivity index (χ0n) is 15.4. The highest BCUT2D eigenvalue weighted by Gasteiger charge is 2.23. The Morgan fingerprint density at radius 1 is 1.04 bits per heavy atom. The molecule has 0 spiro atoms. The number of carbonyl (C=O) groups is 1. The van der Waals surface area contributed by atoms with Crippen molar-refractivity contribution >= 4 is 17.1 Å². The van der Waals surface area contributed by atoms with Crippen molar-refractivity contribution in [3.8, 4) is 5.69 Å². The van der Waals surface area contributed by atoms with Crippen LogP contribution in [0.2, 0.25) is 0 Å². The maximum absolute atomic E-state index is 13.1. The van der Waals surface area contributed by atoms with Crippen LogP contribution in [0.5, 0.6) is 0 Å². The minimum Gasteiger partial charge on any atom is -0.339 e. The first-order valence-electron chi connectivity index (χ1n) is 9.31. The van der Waals surface area contributed by atoms with Gasteiger partial charge in [-0.2, -0.15) is 0 Å². The summed E-state index contributed by atoms with van der Waals surface area (Å²) < 4.78 is 3.10. The van der Waals surface area contributed by atoms with Gasteiger partial charge in [-0.25, -0.2) is 14.3 Å². The Labute approximate surface area is 157 Å². The lowest BCUT2D eigenvalue weighted by atomic mass is 10.3. The molecule has 1 aliphatic rings. The summed E-state index contributed by atoms with van der Waals surface area (Å²) in [7, 11) is 0. The van der Waals surface area contributed by atoms with Gasteiger partial charge in [-0.3, -0.25) is 9.36 Å². The molecule has 140 valence electrons. The number of fused-ring (bicyclic) bond motifs is 1. The number of hydrogen-bond acceptors (Lipinski definition) is 4. The van der Waals surface area contributed by atoms with E-state index in [1.807, 2.05) is 41.3 Å². The van der Waals surface area contributed by atoms with Crippen LogP contribution in [0.3, 0.4) is 0 Å². The number of nitrogens with zero attached hydrogens (tertiary/aromatic N) is 5. The molecular weight excluding hydrogens is 342 g/mol. The highest BCUT2D eigenvalue weighted by molar-refractivity contribution is 5.80. The Morgan fingerprint density at radius 3 is 2.48 bits per heavy atom. The second-order valence-electron chi connectivity index (χ2n) is 6.70. The molecule has 1 aromatic carbocycles. The number of pyridine rings is 1. The third-order valence-corrected chi connectivity index (χ3v) is 5.17. The highest BCUT2D eigenvalue weighted by Crippen LogP contribution is 2.15. The number of benzene rings is 1. The lowest BCUT2D eigenvalue weighted by Crippen LogP contribution is -2.49. The molecule has 0 atom stereocenters. The third kappa shape index (κ3) is 3.26. The van der Waals surface area contributed by atoms with Crippen LogP contribution in [0.15, 0.2) is 53.5 Å². The van der Waals surface area contributed by atoms with E-state index in [9.17, 15) is 9.59 Å². The van der Waals surface area contributed by atoms with Crippen LogP contribution in [0, 0.1) is 0 Å². The van der Waals surface area contributed by atoms with E-state index >= 15 is 0 Å². The van der Waals surface area contributed by atoms with Gasteiger partial charge >= 0.3 is 5.69 Å². The zero-order chi connectivity index (χ0) is 18.8. The Hall–Kier alpha value is -2.93. The molecule has 0 unspecified atom stereocenters. The number of piperazine rings is 1. The summed E-state index contributed by atoms with van der Waals surface area (Å²) in [6.45, 7) is 6.33. The minimum atomic E-state index is -0.240. The molecule has 0 bridgehead atoms. The number of hydrogen-bond donors (Lipinski definition) is 0. The van der Waals surface area contributed by atoms with Crippen molar-refractivity contribution in [2.45, 2.75) is 13.5 Å². The van der Waals surface area contributed by atoms with Crippen molar-refractivity contribution in [2.24, 2.45) is 0 Å². The van der Waals surface area contributed by atoms with Gasteiger partial charge in [0.2, 0.25) is 5.91 Å². The summed E-state index contributed by atoms with van der Waals surface area (Å²) in [5.74, 6) is -0.0242. The van der Waals surface area contributed by atoms with E-state index in [1.165, 1.54) is 4.57 Å². The van der Waals surface area contributed by atoms with Gasteiger partial charge in [-0.1, -0.05) is 25.1 Å². The molecule has 0 saturated carbocycles. The number of para-hydroxylation sites is 1. The predicted octanol–water partition coefficient (Wildman–Crippen LogP) is 1.35. The number of amides is 1. The fourth-order valence-electron chi connectivity index (χ4n) is 3.60. The fourth-order valence-corrected chi connectivity index (χ4v) is 3.60. The first kappa shape index (κ1) is 17.5. The van der Waals surface area contributed by atoms with Gasteiger partial charge in [0.25, 0.3) is 0 Å². The smallest absolute Gasteiger partial charge is 0.335 e. The van der Waals surface area contributed by atoms with Gasteiger partial charge < -0.3 is 9.80 Å². The normalized spacial score (nSPS) is 15.4. The Kier molecular flexibility index (Phi) is 4.77. The van der Waals surface area contributed by atoms with E-state index in [0.717, 1.165) is 25.3 Å². The van der Waals surface area contributed by atoms with E-state index in [4.69, 9.17) is 0 Å². The largest absolute Gasteiger partial charge is 0.339 e. The maximum Gasteiger partial charge on any atom is 0.335 e. The molecule has 4 rings (SSSR count). The van der Waals surface area contributed by atoms with Crippen LogP contribution in [0.4, 0.5) is 0 Å². The Balaban J connectivity index is 1.68. The highest BCUT2D eigenvalue weighted by atomic mass is 16.2. The monoisotopic (exact) mass is 365 g/mol. The van der Waals surface area contributed by atoms with E-state index in [1.54, 1.807) is 16.8 Å². The van der Waals surface area contributed by atoms with Crippen molar-refractivity contribution in [1.82, 2.24) is 23.9 Å². The SMILES string of the molecule is CCN1CCN(C(=O)Cn2c(=O)n(-c3ccccc3)c3ncccc32)CC1. The van der Waals surface area contributed by atoms with Crippen molar-refractivity contribution in [2.75, 3.05) is 32.7 Å². The molecule has 0 N–H and O–H groups in total. The van der Waals surface area contributed by atoms with Gasteiger partial charge in [0.15, 0.2) is 5.65 Å². The summed E-state index contributed by atoms with van der Waals surface area (Å²) in [6.07, 6.45) is 1.66. The summed E-state index contributed by atoms with van der Waals surface area (Å²) in [5, 5.41) is 0. The standard InChI is InChI=1S/C20H23N5O2/c1-2-22-11-13-23(14-12-22)18(26)15-24-17-9-6-10-21-19(17)25(20(24)27)16-7-4-3-5-8-16/h3-10H,2,11-15H2,1H3. The zero-order valence-corrected chi connectivity index (χ0v) is 15.4. The van der Waals surface area contributed by atoms with Gasteiger partial charge in [0.1, 0.15) is 6.54 Å². The van der Waals surface area contributed by atoms with Crippen molar-refractivity contribution < 1.29 is 4.79 Å². The molecule has 1 saturated heterocycles. The summed E-state index contributed by atoms with van der Waals surface area (Å²) in [6, 6.07) is 13.0. The van der Waals surface area contributed by atoms with Gasteiger partial charge in [0.05, 0.1) is 11.2 Å². The lowest BCUT2D eigenvalue weighted by molar-refractivity contribution is -0.133. The average molecular weight is 365 g/mol. The number of aromatic nitrogens is 3. The molecule has 7 heteroatoms. The Morgan fingerprint density at radius 2 is 1.78 bits per heavy atom. The molecule has 27 heavy (non-hydrogen) atoms. The first-order valence-corrected chi connectivity index (χ1v) is 9.31. The predicted molar refractivity (Wildman–Crippen MR) is 104 cm³/mol. The number of rotatable bonds is 4. The molecule has 0 aliphatic carbocycles. The molecule has 1 fully saturated rings. The molecule has 3 aromatic rings. The molecule has 1 aliphatic heterocycles. The fraction of sp³-hybridized carbons (Fsp3) is 0.350.